The first-order chi connectivity index (χ1) is 10.2. The van der Waals surface area contributed by atoms with E-state index in [1.807, 2.05) is 13.0 Å². The first-order valence-corrected chi connectivity index (χ1v) is 7.62. The Morgan fingerprint density at radius 3 is 2.23 bits per heavy atom. The molecule has 118 valence electrons. The Morgan fingerprint density at radius 1 is 1.09 bits per heavy atom. The summed E-state index contributed by atoms with van der Waals surface area (Å²) in [5.41, 5.74) is -3.72. The zero-order valence-corrected chi connectivity index (χ0v) is 12.2. The summed E-state index contributed by atoms with van der Waals surface area (Å²) in [4.78, 5) is 4.00. The standard InChI is InChI=1S/C14H12F3NO3S/c1-10(12-3-2-8-18-9-12)11-4-6-13(7-5-11)21-22(19,20)14(15,16)17/h2-10H,1H3. The Hall–Kier alpha value is -2.09. The lowest BCUT2D eigenvalue weighted by molar-refractivity contribution is -0.0500. The van der Waals surface area contributed by atoms with Crippen molar-refractivity contribution in [2.45, 2.75) is 18.3 Å². The summed E-state index contributed by atoms with van der Waals surface area (Å²) in [6.45, 7) is 1.90. The highest BCUT2D eigenvalue weighted by Crippen LogP contribution is 2.29. The lowest BCUT2D eigenvalue weighted by atomic mass is 9.94. The molecule has 0 saturated carbocycles. The summed E-state index contributed by atoms with van der Waals surface area (Å²) in [5, 5.41) is 0. The molecule has 0 aliphatic rings. The van der Waals surface area contributed by atoms with Crippen LogP contribution in [-0.4, -0.2) is 18.9 Å². The molecule has 0 radical (unpaired) electrons. The number of nitrogens with zero attached hydrogens (tertiary/aromatic N) is 1. The SMILES string of the molecule is CC(c1ccc(OS(=O)(=O)C(F)(F)F)cc1)c1cccnc1. The normalized spacial score (nSPS) is 13.6. The first kappa shape index (κ1) is 16.3. The van der Waals surface area contributed by atoms with Crippen molar-refractivity contribution in [2.75, 3.05) is 0 Å². The molecule has 0 amide bonds. The molecule has 0 aliphatic carbocycles. The highest BCUT2D eigenvalue weighted by atomic mass is 32.2. The smallest absolute Gasteiger partial charge is 0.376 e. The molecule has 0 fully saturated rings. The third-order valence-electron chi connectivity index (χ3n) is 3.05. The van der Waals surface area contributed by atoms with Crippen LogP contribution in [0, 0.1) is 0 Å². The predicted molar refractivity (Wildman–Crippen MR) is 73.8 cm³/mol. The molecule has 8 heteroatoms. The van der Waals surface area contributed by atoms with E-state index < -0.39 is 15.6 Å². The molecular weight excluding hydrogens is 319 g/mol. The van der Waals surface area contributed by atoms with Crippen LogP contribution in [0.4, 0.5) is 13.2 Å². The molecule has 0 bridgehead atoms. The number of alkyl halides is 3. The van der Waals surface area contributed by atoms with Crippen LogP contribution in [-0.2, 0) is 10.1 Å². The van der Waals surface area contributed by atoms with Gasteiger partial charge in [-0.25, -0.2) is 0 Å². The van der Waals surface area contributed by atoms with Crippen LogP contribution < -0.4 is 4.18 Å². The summed E-state index contributed by atoms with van der Waals surface area (Å²) >= 11 is 0. The number of rotatable bonds is 4. The maximum atomic E-state index is 12.2. The van der Waals surface area contributed by atoms with Crippen molar-refractivity contribution in [1.82, 2.24) is 4.98 Å². The predicted octanol–water partition coefficient (Wildman–Crippen LogP) is 3.46. The van der Waals surface area contributed by atoms with Gasteiger partial charge in [0, 0.05) is 18.3 Å². The van der Waals surface area contributed by atoms with E-state index in [0.29, 0.717) is 0 Å². The monoisotopic (exact) mass is 331 g/mol. The summed E-state index contributed by atoms with van der Waals surface area (Å²) in [6.07, 6.45) is 3.32. The highest BCUT2D eigenvalue weighted by Gasteiger charge is 2.48. The fourth-order valence-electron chi connectivity index (χ4n) is 1.81. The van der Waals surface area contributed by atoms with Crippen molar-refractivity contribution in [2.24, 2.45) is 0 Å². The van der Waals surface area contributed by atoms with Crippen molar-refractivity contribution in [3.05, 3.63) is 59.9 Å². The second-order valence-electron chi connectivity index (χ2n) is 4.56. The first-order valence-electron chi connectivity index (χ1n) is 6.21. The van der Waals surface area contributed by atoms with E-state index in [1.54, 1.807) is 18.5 Å². The van der Waals surface area contributed by atoms with E-state index >= 15 is 0 Å². The molecular formula is C14H12F3NO3S. The fraction of sp³-hybridized carbons (Fsp3) is 0.214. The number of aromatic nitrogens is 1. The third-order valence-corrected chi connectivity index (χ3v) is 4.03. The largest absolute Gasteiger partial charge is 0.534 e. The quantitative estimate of drug-likeness (QED) is 0.636. The zero-order chi connectivity index (χ0) is 16.4. The lowest BCUT2D eigenvalue weighted by Crippen LogP contribution is -2.28. The average Bonchev–Trinajstić information content (AvgIpc) is 2.47. The van der Waals surface area contributed by atoms with Crippen molar-refractivity contribution in [3.8, 4) is 5.75 Å². The van der Waals surface area contributed by atoms with Gasteiger partial charge in [0.25, 0.3) is 0 Å². The van der Waals surface area contributed by atoms with Gasteiger partial charge in [0.05, 0.1) is 0 Å². The van der Waals surface area contributed by atoms with Gasteiger partial charge in [-0.3, -0.25) is 4.98 Å². The molecule has 1 aromatic carbocycles. The Labute approximate surface area is 125 Å². The number of benzene rings is 1. The van der Waals surface area contributed by atoms with Crippen molar-refractivity contribution >= 4 is 10.1 Å². The molecule has 0 spiro atoms. The van der Waals surface area contributed by atoms with E-state index in [2.05, 4.69) is 9.17 Å². The summed E-state index contributed by atoms with van der Waals surface area (Å²) in [6, 6.07) is 9.05. The molecule has 4 nitrogen and oxygen atoms in total. The Bertz CT molecular complexity index is 728. The number of halogens is 3. The molecule has 1 atom stereocenters. The Morgan fingerprint density at radius 2 is 1.73 bits per heavy atom. The van der Waals surface area contributed by atoms with Gasteiger partial charge in [-0.1, -0.05) is 25.1 Å². The molecule has 0 saturated heterocycles. The number of hydrogen-bond donors (Lipinski definition) is 0. The van der Waals surface area contributed by atoms with E-state index in [-0.39, 0.29) is 11.7 Å². The van der Waals surface area contributed by atoms with Gasteiger partial charge in [-0.05, 0) is 29.3 Å². The third kappa shape index (κ3) is 3.56. The Kier molecular flexibility index (Phi) is 4.41. The van der Waals surface area contributed by atoms with Crippen LogP contribution in [0.3, 0.4) is 0 Å². The van der Waals surface area contributed by atoms with Gasteiger partial charge in [-0.2, -0.15) is 21.6 Å². The molecule has 1 heterocycles. The van der Waals surface area contributed by atoms with Crippen molar-refractivity contribution in [3.63, 3.8) is 0 Å². The van der Waals surface area contributed by atoms with Crippen LogP contribution in [0.15, 0.2) is 48.8 Å². The minimum atomic E-state index is -5.65. The van der Waals surface area contributed by atoms with Crippen LogP contribution in [0.1, 0.15) is 24.0 Å². The highest BCUT2D eigenvalue weighted by molar-refractivity contribution is 7.87. The van der Waals surface area contributed by atoms with Gasteiger partial charge in [0.1, 0.15) is 5.75 Å². The summed E-state index contributed by atoms with van der Waals surface area (Å²) in [7, 11) is -5.65. The Balaban J connectivity index is 2.18. The molecule has 22 heavy (non-hydrogen) atoms. The van der Waals surface area contributed by atoms with E-state index in [9.17, 15) is 21.6 Å². The van der Waals surface area contributed by atoms with Crippen molar-refractivity contribution < 1.29 is 25.8 Å². The summed E-state index contributed by atoms with van der Waals surface area (Å²) < 4.78 is 62.5. The second kappa shape index (κ2) is 5.96. The van der Waals surface area contributed by atoms with E-state index in [1.165, 1.54) is 24.3 Å². The molecule has 0 N–H and O–H groups in total. The number of hydrogen-bond acceptors (Lipinski definition) is 4. The average molecular weight is 331 g/mol. The summed E-state index contributed by atoms with van der Waals surface area (Å²) in [5.74, 6) is -0.429. The van der Waals surface area contributed by atoms with Gasteiger partial charge >= 0.3 is 15.6 Å². The van der Waals surface area contributed by atoms with Crippen molar-refractivity contribution in [1.29, 1.82) is 0 Å². The van der Waals surface area contributed by atoms with Gasteiger partial charge in [0.2, 0.25) is 0 Å². The topological polar surface area (TPSA) is 56.3 Å². The van der Waals surface area contributed by atoms with Crippen LogP contribution in [0.5, 0.6) is 5.75 Å². The minimum absolute atomic E-state index is 0.0398. The zero-order valence-electron chi connectivity index (χ0n) is 11.4. The fourth-order valence-corrected chi connectivity index (χ4v) is 2.27. The molecule has 2 rings (SSSR count). The maximum Gasteiger partial charge on any atom is 0.534 e. The lowest BCUT2D eigenvalue weighted by Gasteiger charge is -2.13. The van der Waals surface area contributed by atoms with Gasteiger partial charge in [0.15, 0.2) is 0 Å². The van der Waals surface area contributed by atoms with Crippen LogP contribution >= 0.6 is 0 Å². The van der Waals surface area contributed by atoms with E-state index in [0.717, 1.165) is 11.1 Å². The van der Waals surface area contributed by atoms with Gasteiger partial charge < -0.3 is 4.18 Å². The van der Waals surface area contributed by atoms with Crippen LogP contribution in [0.2, 0.25) is 0 Å². The van der Waals surface area contributed by atoms with Crippen LogP contribution in [0.25, 0.3) is 0 Å². The van der Waals surface area contributed by atoms with Gasteiger partial charge in [-0.15, -0.1) is 0 Å². The molecule has 0 aliphatic heterocycles. The number of pyridine rings is 1. The maximum absolute atomic E-state index is 12.2. The molecule has 1 aromatic heterocycles. The molecule has 2 aromatic rings. The minimum Gasteiger partial charge on any atom is -0.376 e. The second-order valence-corrected chi connectivity index (χ2v) is 6.10. The molecule has 1 unspecified atom stereocenters. The van der Waals surface area contributed by atoms with E-state index in [4.69, 9.17) is 0 Å².